The summed E-state index contributed by atoms with van der Waals surface area (Å²) >= 11 is 1.40. The third-order valence-corrected chi connectivity index (χ3v) is 5.03. The van der Waals surface area contributed by atoms with Crippen molar-refractivity contribution < 1.29 is 13.9 Å². The molecule has 1 aromatic heterocycles. The maximum atomic E-state index is 13.2. The summed E-state index contributed by atoms with van der Waals surface area (Å²) in [7, 11) is 0. The molecule has 0 atom stereocenters. The van der Waals surface area contributed by atoms with E-state index >= 15 is 0 Å². The first-order valence-electron chi connectivity index (χ1n) is 8.76. The van der Waals surface area contributed by atoms with E-state index in [-0.39, 0.29) is 24.5 Å². The number of carbonyl (C=O) groups excluding carboxylic acids is 1. The molecule has 0 aliphatic heterocycles. The number of benzene rings is 2. The van der Waals surface area contributed by atoms with E-state index in [4.69, 9.17) is 4.74 Å². The number of esters is 1. The van der Waals surface area contributed by atoms with Gasteiger partial charge in [-0.25, -0.2) is 14.2 Å². The molecule has 0 aliphatic carbocycles. The first-order chi connectivity index (χ1) is 13.6. The maximum Gasteiger partial charge on any atom is 0.345 e. The second kappa shape index (κ2) is 9.32. The molecule has 144 valence electrons. The van der Waals surface area contributed by atoms with Gasteiger partial charge in [-0.2, -0.15) is 0 Å². The SMILES string of the molecule is CCOC(=O)c1cnc(SCc2ccccc2)n(Cc2ccc(F)cc2)c1=O. The van der Waals surface area contributed by atoms with Crippen LogP contribution in [0.1, 0.15) is 28.4 Å². The molecular formula is C21H19FN2O3S. The van der Waals surface area contributed by atoms with Crippen molar-refractivity contribution in [1.29, 1.82) is 0 Å². The summed E-state index contributed by atoms with van der Waals surface area (Å²) < 4.78 is 19.6. The number of ether oxygens (including phenoxy) is 1. The molecule has 5 nitrogen and oxygen atoms in total. The molecule has 0 fully saturated rings. The Balaban J connectivity index is 1.95. The summed E-state index contributed by atoms with van der Waals surface area (Å²) in [5.41, 5.74) is 1.22. The van der Waals surface area contributed by atoms with Crippen LogP contribution in [0.5, 0.6) is 0 Å². The standard InChI is InChI=1S/C21H19FN2O3S/c1-2-27-20(26)18-12-23-21(28-14-16-6-4-3-5-7-16)24(19(18)25)13-15-8-10-17(22)11-9-15/h3-12H,2,13-14H2,1H3. The van der Waals surface area contributed by atoms with Crippen molar-refractivity contribution in [3.8, 4) is 0 Å². The average molecular weight is 398 g/mol. The molecule has 3 rings (SSSR count). The van der Waals surface area contributed by atoms with Crippen LogP contribution in [0, 0.1) is 5.82 Å². The quantitative estimate of drug-likeness (QED) is 0.343. The van der Waals surface area contributed by atoms with E-state index in [1.165, 1.54) is 34.7 Å². The van der Waals surface area contributed by atoms with Gasteiger partial charge in [0.25, 0.3) is 5.56 Å². The van der Waals surface area contributed by atoms with E-state index in [1.54, 1.807) is 19.1 Å². The monoisotopic (exact) mass is 398 g/mol. The lowest BCUT2D eigenvalue weighted by Crippen LogP contribution is -2.30. The summed E-state index contributed by atoms with van der Waals surface area (Å²) in [4.78, 5) is 29.3. The summed E-state index contributed by atoms with van der Waals surface area (Å²) in [6, 6.07) is 15.7. The summed E-state index contributed by atoms with van der Waals surface area (Å²) in [6.45, 7) is 2.02. The van der Waals surface area contributed by atoms with Crippen LogP contribution in [-0.2, 0) is 17.0 Å². The largest absolute Gasteiger partial charge is 0.462 e. The number of halogens is 1. The number of rotatable bonds is 7. The van der Waals surface area contributed by atoms with Gasteiger partial charge in [-0.05, 0) is 30.2 Å². The van der Waals surface area contributed by atoms with Gasteiger partial charge in [0.2, 0.25) is 0 Å². The second-order valence-corrected chi connectivity index (χ2v) is 6.91. The Hall–Kier alpha value is -2.93. The van der Waals surface area contributed by atoms with Gasteiger partial charge in [0.15, 0.2) is 5.16 Å². The van der Waals surface area contributed by atoms with Gasteiger partial charge >= 0.3 is 5.97 Å². The molecule has 0 N–H and O–H groups in total. The number of carbonyl (C=O) groups is 1. The van der Waals surface area contributed by atoms with E-state index in [9.17, 15) is 14.0 Å². The number of hydrogen-bond donors (Lipinski definition) is 0. The van der Waals surface area contributed by atoms with E-state index in [0.717, 1.165) is 11.1 Å². The van der Waals surface area contributed by atoms with Crippen molar-refractivity contribution in [2.75, 3.05) is 6.61 Å². The van der Waals surface area contributed by atoms with Crippen LogP contribution in [0.2, 0.25) is 0 Å². The molecular weight excluding hydrogens is 379 g/mol. The van der Waals surface area contributed by atoms with Crippen LogP contribution in [0.25, 0.3) is 0 Å². The van der Waals surface area contributed by atoms with Crippen molar-refractivity contribution in [2.45, 2.75) is 24.4 Å². The molecule has 1 heterocycles. The molecule has 0 spiro atoms. The third kappa shape index (κ3) is 4.86. The molecule has 0 amide bonds. The van der Waals surface area contributed by atoms with Crippen LogP contribution < -0.4 is 5.56 Å². The molecule has 0 saturated heterocycles. The van der Waals surface area contributed by atoms with E-state index in [1.807, 2.05) is 30.3 Å². The zero-order valence-electron chi connectivity index (χ0n) is 15.3. The Morgan fingerprint density at radius 1 is 1.11 bits per heavy atom. The van der Waals surface area contributed by atoms with Crippen LogP contribution in [0.3, 0.4) is 0 Å². The Bertz CT molecular complexity index is 1000. The van der Waals surface area contributed by atoms with Crippen molar-refractivity contribution in [2.24, 2.45) is 0 Å². The zero-order chi connectivity index (χ0) is 19.9. The van der Waals surface area contributed by atoms with Gasteiger partial charge in [-0.1, -0.05) is 54.2 Å². The van der Waals surface area contributed by atoms with Gasteiger partial charge in [-0.3, -0.25) is 9.36 Å². The fourth-order valence-corrected chi connectivity index (χ4v) is 3.49. The number of aromatic nitrogens is 2. The van der Waals surface area contributed by atoms with Gasteiger partial charge in [0.1, 0.15) is 11.4 Å². The van der Waals surface area contributed by atoms with Gasteiger partial charge in [0.05, 0.1) is 19.3 Å². The van der Waals surface area contributed by atoms with Crippen molar-refractivity contribution in [3.05, 3.63) is 93.7 Å². The molecule has 0 saturated carbocycles. The second-order valence-electron chi connectivity index (χ2n) is 5.97. The number of nitrogens with zero attached hydrogens (tertiary/aromatic N) is 2. The van der Waals surface area contributed by atoms with Crippen molar-refractivity contribution in [1.82, 2.24) is 9.55 Å². The third-order valence-electron chi connectivity index (χ3n) is 3.97. The topological polar surface area (TPSA) is 61.2 Å². The first-order valence-corrected chi connectivity index (χ1v) is 9.75. The molecule has 0 bridgehead atoms. The highest BCUT2D eigenvalue weighted by Gasteiger charge is 2.18. The van der Waals surface area contributed by atoms with Crippen LogP contribution in [0.15, 0.2) is 70.7 Å². The first kappa shape index (κ1) is 19.8. The van der Waals surface area contributed by atoms with Gasteiger partial charge in [0, 0.05) is 5.75 Å². The van der Waals surface area contributed by atoms with Gasteiger partial charge in [-0.15, -0.1) is 0 Å². The number of thioether (sulfide) groups is 1. The molecule has 28 heavy (non-hydrogen) atoms. The maximum absolute atomic E-state index is 13.2. The fraction of sp³-hybridized carbons (Fsp3) is 0.190. The van der Waals surface area contributed by atoms with Crippen LogP contribution in [0.4, 0.5) is 4.39 Å². The lowest BCUT2D eigenvalue weighted by Gasteiger charge is -2.13. The van der Waals surface area contributed by atoms with Crippen LogP contribution in [-0.4, -0.2) is 22.1 Å². The molecule has 0 aliphatic rings. The highest BCUT2D eigenvalue weighted by atomic mass is 32.2. The predicted molar refractivity (Wildman–Crippen MR) is 106 cm³/mol. The van der Waals surface area contributed by atoms with Gasteiger partial charge < -0.3 is 4.74 Å². The smallest absolute Gasteiger partial charge is 0.345 e. The minimum atomic E-state index is -0.701. The average Bonchev–Trinajstić information content (AvgIpc) is 2.71. The predicted octanol–water partition coefficient (Wildman–Crippen LogP) is 3.90. The Morgan fingerprint density at radius 2 is 1.82 bits per heavy atom. The molecule has 2 aromatic carbocycles. The minimum Gasteiger partial charge on any atom is -0.462 e. The summed E-state index contributed by atoms with van der Waals surface area (Å²) in [5.74, 6) is -0.434. The Morgan fingerprint density at radius 3 is 2.50 bits per heavy atom. The molecule has 0 unspecified atom stereocenters. The van der Waals surface area contributed by atoms with E-state index < -0.39 is 11.5 Å². The summed E-state index contributed by atoms with van der Waals surface area (Å²) in [6.07, 6.45) is 1.26. The van der Waals surface area contributed by atoms with Crippen molar-refractivity contribution in [3.63, 3.8) is 0 Å². The molecule has 0 radical (unpaired) electrons. The van der Waals surface area contributed by atoms with E-state index in [0.29, 0.717) is 10.9 Å². The zero-order valence-corrected chi connectivity index (χ0v) is 16.1. The number of hydrogen-bond acceptors (Lipinski definition) is 5. The van der Waals surface area contributed by atoms with Crippen molar-refractivity contribution >= 4 is 17.7 Å². The summed E-state index contributed by atoms with van der Waals surface area (Å²) in [5, 5.41) is 0.478. The highest BCUT2D eigenvalue weighted by Crippen LogP contribution is 2.21. The van der Waals surface area contributed by atoms with E-state index in [2.05, 4.69) is 4.98 Å². The van der Waals surface area contributed by atoms with Crippen LogP contribution >= 0.6 is 11.8 Å². The Labute approximate surface area is 166 Å². The normalized spacial score (nSPS) is 10.6. The lowest BCUT2D eigenvalue weighted by atomic mass is 10.2. The molecule has 3 aromatic rings. The fourth-order valence-electron chi connectivity index (χ4n) is 2.57. The molecule has 7 heteroatoms. The lowest BCUT2D eigenvalue weighted by molar-refractivity contribution is 0.0522. The minimum absolute atomic E-state index is 0.118. The Kier molecular flexibility index (Phi) is 6.60. The highest BCUT2D eigenvalue weighted by molar-refractivity contribution is 7.98.